The minimum atomic E-state index is -0.161. The molecule has 0 aliphatic heterocycles. The molecule has 0 atom stereocenters. The number of fused-ring (bicyclic) bond motifs is 2. The number of nitrogens with zero attached hydrogens (tertiary/aromatic N) is 3. The van der Waals surface area contributed by atoms with Gasteiger partial charge in [-0.05, 0) is 24.5 Å². The first-order valence-electron chi connectivity index (χ1n) is 9.33. The molecule has 7 heteroatoms. The van der Waals surface area contributed by atoms with Gasteiger partial charge >= 0.3 is 0 Å². The second-order valence-corrected chi connectivity index (χ2v) is 8.68. The molecule has 0 aliphatic carbocycles. The van der Waals surface area contributed by atoms with E-state index in [0.29, 0.717) is 16.3 Å². The van der Waals surface area contributed by atoms with Gasteiger partial charge in [0.05, 0.1) is 23.0 Å². The lowest BCUT2D eigenvalue weighted by Gasteiger charge is -2.19. The van der Waals surface area contributed by atoms with Crippen LogP contribution in [-0.4, -0.2) is 48.2 Å². The topological polar surface area (TPSA) is 55.3 Å². The van der Waals surface area contributed by atoms with E-state index in [9.17, 15) is 4.79 Å². The summed E-state index contributed by atoms with van der Waals surface area (Å²) in [6.45, 7) is 0. The zero-order valence-electron chi connectivity index (χ0n) is 17.2. The first-order chi connectivity index (χ1) is 14.5. The molecule has 1 amide bonds. The van der Waals surface area contributed by atoms with Crippen molar-refractivity contribution in [1.82, 2.24) is 14.9 Å². The van der Waals surface area contributed by atoms with Crippen molar-refractivity contribution in [2.45, 2.75) is 14.7 Å². The molecule has 0 bridgehead atoms. The minimum absolute atomic E-state index is 0.161. The predicted octanol–water partition coefficient (Wildman–Crippen LogP) is 5.37. The molecule has 2 aromatic carbocycles. The molecule has 0 fully saturated rings. The molecule has 0 spiro atoms. The van der Waals surface area contributed by atoms with Gasteiger partial charge in [0, 0.05) is 40.9 Å². The first-order valence-corrected chi connectivity index (χ1v) is 11.4. The molecule has 0 unspecified atom stereocenters. The van der Waals surface area contributed by atoms with E-state index >= 15 is 0 Å². The van der Waals surface area contributed by atoms with Crippen LogP contribution in [0.5, 0.6) is 5.75 Å². The standard InChI is InChI=1S/C23H21N3O2S2/c1-26(2)23(27)19-22(20(28-3)14-9-5-8-12-17(14)25-19)30-21-15-10-6-7-11-16(15)24-13-18(21)29-4/h5-13H,1-4H3. The lowest BCUT2D eigenvalue weighted by molar-refractivity contribution is 0.0818. The van der Waals surface area contributed by atoms with Crippen LogP contribution < -0.4 is 4.74 Å². The SMILES string of the molecule is COc1c(Sc2c(SC)cnc3ccccc23)c(C(=O)N(C)C)nc2ccccc12. The highest BCUT2D eigenvalue weighted by molar-refractivity contribution is 8.02. The summed E-state index contributed by atoms with van der Waals surface area (Å²) in [5.41, 5.74) is 2.02. The molecule has 0 aliphatic rings. The maximum absolute atomic E-state index is 13.1. The van der Waals surface area contributed by atoms with Gasteiger partial charge < -0.3 is 9.64 Å². The van der Waals surface area contributed by atoms with Crippen molar-refractivity contribution in [3.05, 3.63) is 60.4 Å². The Morgan fingerprint density at radius 3 is 2.30 bits per heavy atom. The molecule has 0 saturated carbocycles. The average molecular weight is 436 g/mol. The van der Waals surface area contributed by atoms with Gasteiger partial charge in [-0.2, -0.15) is 0 Å². The van der Waals surface area contributed by atoms with Crippen molar-refractivity contribution >= 4 is 51.2 Å². The number of hydrogen-bond donors (Lipinski definition) is 0. The highest BCUT2D eigenvalue weighted by Crippen LogP contribution is 2.46. The second kappa shape index (κ2) is 8.53. The summed E-state index contributed by atoms with van der Waals surface area (Å²) in [4.78, 5) is 26.7. The van der Waals surface area contributed by atoms with E-state index in [1.807, 2.05) is 54.9 Å². The number of carbonyl (C=O) groups excluding carboxylic acids is 1. The van der Waals surface area contributed by atoms with Crippen molar-refractivity contribution in [3.8, 4) is 5.75 Å². The third-order valence-corrected chi connectivity index (χ3v) is 6.84. The molecule has 0 N–H and O–H groups in total. The van der Waals surface area contributed by atoms with E-state index < -0.39 is 0 Å². The van der Waals surface area contributed by atoms with E-state index in [-0.39, 0.29) is 5.91 Å². The van der Waals surface area contributed by atoms with Crippen molar-refractivity contribution in [2.75, 3.05) is 27.5 Å². The maximum Gasteiger partial charge on any atom is 0.273 e. The molecule has 4 rings (SSSR count). The van der Waals surface area contributed by atoms with Gasteiger partial charge in [-0.15, -0.1) is 11.8 Å². The molecule has 30 heavy (non-hydrogen) atoms. The third kappa shape index (κ3) is 3.59. The van der Waals surface area contributed by atoms with Crippen LogP contribution in [0.15, 0.2) is 69.4 Å². The van der Waals surface area contributed by atoms with Crippen LogP contribution in [0.1, 0.15) is 10.5 Å². The molecule has 2 aromatic heterocycles. The van der Waals surface area contributed by atoms with Crippen LogP contribution in [0, 0.1) is 0 Å². The van der Waals surface area contributed by atoms with Gasteiger partial charge in [0.1, 0.15) is 11.4 Å². The Balaban J connectivity index is 2.02. The second-order valence-electron chi connectivity index (χ2n) is 6.81. The van der Waals surface area contributed by atoms with E-state index in [1.54, 1.807) is 37.9 Å². The number of para-hydroxylation sites is 2. The fourth-order valence-electron chi connectivity index (χ4n) is 3.27. The summed E-state index contributed by atoms with van der Waals surface area (Å²) >= 11 is 3.14. The summed E-state index contributed by atoms with van der Waals surface area (Å²) in [6.07, 6.45) is 3.90. The van der Waals surface area contributed by atoms with Crippen LogP contribution in [-0.2, 0) is 0 Å². The molecule has 4 aromatic rings. The maximum atomic E-state index is 13.1. The Kier molecular flexibility index (Phi) is 5.83. The molecular formula is C23H21N3O2S2. The molecule has 0 radical (unpaired) electrons. The number of benzene rings is 2. The number of ether oxygens (including phenoxy) is 1. The molecule has 5 nitrogen and oxygen atoms in total. The minimum Gasteiger partial charge on any atom is -0.495 e. The van der Waals surface area contributed by atoms with Crippen molar-refractivity contribution < 1.29 is 9.53 Å². The third-order valence-electron chi connectivity index (χ3n) is 4.73. The van der Waals surface area contributed by atoms with Gasteiger partial charge in [0.2, 0.25) is 0 Å². The Labute approximate surface area is 183 Å². The summed E-state index contributed by atoms with van der Waals surface area (Å²) in [6, 6.07) is 15.7. The number of pyridine rings is 2. The Hall–Kier alpha value is -2.77. The first kappa shape index (κ1) is 20.5. The molecule has 0 saturated heterocycles. The van der Waals surface area contributed by atoms with Crippen LogP contribution in [0.3, 0.4) is 0 Å². The number of aromatic nitrogens is 2. The van der Waals surface area contributed by atoms with Gasteiger partial charge in [-0.3, -0.25) is 9.78 Å². The summed E-state index contributed by atoms with van der Waals surface area (Å²) in [7, 11) is 5.10. The van der Waals surface area contributed by atoms with E-state index in [2.05, 4.69) is 11.1 Å². The summed E-state index contributed by atoms with van der Waals surface area (Å²) in [5.74, 6) is 0.495. The lowest BCUT2D eigenvalue weighted by Crippen LogP contribution is -2.23. The van der Waals surface area contributed by atoms with Crippen molar-refractivity contribution in [3.63, 3.8) is 0 Å². The summed E-state index contributed by atoms with van der Waals surface area (Å²) < 4.78 is 5.83. The summed E-state index contributed by atoms with van der Waals surface area (Å²) in [5, 5.41) is 1.91. The molecular weight excluding hydrogens is 414 g/mol. The Morgan fingerprint density at radius 1 is 0.967 bits per heavy atom. The van der Waals surface area contributed by atoms with Gasteiger partial charge in [0.25, 0.3) is 5.91 Å². The van der Waals surface area contributed by atoms with Crippen LogP contribution >= 0.6 is 23.5 Å². The van der Waals surface area contributed by atoms with E-state index in [1.165, 1.54) is 11.8 Å². The fourth-order valence-corrected chi connectivity index (χ4v) is 5.25. The Morgan fingerprint density at radius 2 is 1.63 bits per heavy atom. The average Bonchev–Trinajstić information content (AvgIpc) is 2.78. The van der Waals surface area contributed by atoms with Crippen molar-refractivity contribution in [2.24, 2.45) is 0 Å². The van der Waals surface area contributed by atoms with Gasteiger partial charge in [0.15, 0.2) is 0 Å². The largest absolute Gasteiger partial charge is 0.495 e. The zero-order valence-corrected chi connectivity index (χ0v) is 18.8. The van der Waals surface area contributed by atoms with E-state index in [4.69, 9.17) is 9.72 Å². The fraction of sp³-hybridized carbons (Fsp3) is 0.174. The number of amides is 1. The van der Waals surface area contributed by atoms with Crippen LogP contribution in [0.25, 0.3) is 21.8 Å². The lowest BCUT2D eigenvalue weighted by atomic mass is 10.1. The van der Waals surface area contributed by atoms with Crippen LogP contribution in [0.4, 0.5) is 0 Å². The van der Waals surface area contributed by atoms with Crippen LogP contribution in [0.2, 0.25) is 0 Å². The number of carbonyl (C=O) groups is 1. The number of rotatable bonds is 5. The quantitative estimate of drug-likeness (QED) is 0.393. The Bertz CT molecular complexity index is 1260. The predicted molar refractivity (Wildman–Crippen MR) is 124 cm³/mol. The normalized spacial score (nSPS) is 11.1. The number of thioether (sulfide) groups is 1. The highest BCUT2D eigenvalue weighted by Gasteiger charge is 2.24. The molecule has 2 heterocycles. The number of hydrogen-bond acceptors (Lipinski definition) is 6. The van der Waals surface area contributed by atoms with Gasteiger partial charge in [-0.1, -0.05) is 42.1 Å². The van der Waals surface area contributed by atoms with Gasteiger partial charge in [-0.25, -0.2) is 4.98 Å². The molecule has 152 valence electrons. The van der Waals surface area contributed by atoms with E-state index in [0.717, 1.165) is 31.6 Å². The smallest absolute Gasteiger partial charge is 0.273 e. The zero-order chi connectivity index (χ0) is 21.3. The number of methoxy groups -OCH3 is 1. The monoisotopic (exact) mass is 435 g/mol. The highest BCUT2D eigenvalue weighted by atomic mass is 32.2. The van der Waals surface area contributed by atoms with Crippen molar-refractivity contribution in [1.29, 1.82) is 0 Å².